The largest absolute Gasteiger partial charge is 0.0622 e. The maximum atomic E-state index is 2.36. The van der Waals surface area contributed by atoms with Gasteiger partial charge in [-0.15, -0.1) is 0 Å². The first-order chi connectivity index (χ1) is 7.84. The van der Waals surface area contributed by atoms with Crippen LogP contribution in [0.15, 0.2) is 54.6 Å². The average Bonchev–Trinajstić information content (AvgIpc) is 3.11. The summed E-state index contributed by atoms with van der Waals surface area (Å²) in [6.45, 7) is 0. The van der Waals surface area contributed by atoms with Crippen molar-refractivity contribution in [1.29, 1.82) is 0 Å². The summed E-state index contributed by atoms with van der Waals surface area (Å²) in [6, 6.07) is 19.8. The number of hydrogen-bond donors (Lipinski definition) is 0. The molecule has 0 nitrogen and oxygen atoms in total. The van der Waals surface area contributed by atoms with Crippen LogP contribution in [0.4, 0.5) is 0 Å². The standard InChI is InChI=1S/C15H13I/c16-13-8-6-12(7-9-13)15-10-14(15)11-4-2-1-3-5-11/h1-9,14-15H,10H2. The van der Waals surface area contributed by atoms with E-state index in [-0.39, 0.29) is 0 Å². The third-order valence-corrected chi connectivity index (χ3v) is 4.04. The van der Waals surface area contributed by atoms with Crippen molar-refractivity contribution < 1.29 is 0 Å². The van der Waals surface area contributed by atoms with Gasteiger partial charge < -0.3 is 0 Å². The van der Waals surface area contributed by atoms with Gasteiger partial charge in [-0.2, -0.15) is 0 Å². The Bertz CT molecular complexity index is 473. The molecular formula is C15H13I. The molecule has 80 valence electrons. The minimum Gasteiger partial charge on any atom is -0.0622 e. The molecule has 2 unspecified atom stereocenters. The molecule has 1 fully saturated rings. The van der Waals surface area contributed by atoms with Gasteiger partial charge in [0.15, 0.2) is 0 Å². The van der Waals surface area contributed by atoms with Crippen molar-refractivity contribution in [3.63, 3.8) is 0 Å². The maximum absolute atomic E-state index is 2.36. The maximum Gasteiger partial charge on any atom is 0.0130 e. The zero-order valence-corrected chi connectivity index (χ0v) is 11.1. The Morgan fingerprint density at radius 1 is 0.750 bits per heavy atom. The Labute approximate surface area is 110 Å². The summed E-state index contributed by atoms with van der Waals surface area (Å²) in [5.41, 5.74) is 2.99. The van der Waals surface area contributed by atoms with Gasteiger partial charge in [-0.25, -0.2) is 0 Å². The van der Waals surface area contributed by atoms with Crippen LogP contribution >= 0.6 is 22.6 Å². The fraction of sp³-hybridized carbons (Fsp3) is 0.200. The third-order valence-electron chi connectivity index (χ3n) is 3.32. The van der Waals surface area contributed by atoms with Crippen molar-refractivity contribution in [2.24, 2.45) is 0 Å². The van der Waals surface area contributed by atoms with Gasteiger partial charge in [-0.3, -0.25) is 0 Å². The number of rotatable bonds is 2. The zero-order chi connectivity index (χ0) is 11.0. The number of hydrogen-bond acceptors (Lipinski definition) is 0. The molecule has 0 amide bonds. The first-order valence-corrected chi connectivity index (χ1v) is 6.73. The summed E-state index contributed by atoms with van der Waals surface area (Å²) in [5.74, 6) is 1.50. The minimum atomic E-state index is 0.749. The molecule has 0 saturated heterocycles. The molecule has 2 aromatic carbocycles. The molecule has 1 heteroatoms. The molecule has 2 aromatic rings. The van der Waals surface area contributed by atoms with Gasteiger partial charge in [0.2, 0.25) is 0 Å². The highest BCUT2D eigenvalue weighted by Crippen LogP contribution is 2.54. The van der Waals surface area contributed by atoms with E-state index in [0.29, 0.717) is 0 Å². The molecular weight excluding hydrogens is 307 g/mol. The normalized spacial score (nSPS) is 23.1. The van der Waals surface area contributed by atoms with Crippen molar-refractivity contribution >= 4 is 22.6 Å². The third kappa shape index (κ3) is 2.01. The van der Waals surface area contributed by atoms with Crippen LogP contribution in [0.5, 0.6) is 0 Å². The molecule has 0 spiro atoms. The van der Waals surface area contributed by atoms with E-state index in [9.17, 15) is 0 Å². The molecule has 0 bridgehead atoms. The Hall–Kier alpha value is -0.830. The monoisotopic (exact) mass is 320 g/mol. The van der Waals surface area contributed by atoms with Crippen molar-refractivity contribution in [3.05, 3.63) is 69.3 Å². The van der Waals surface area contributed by atoms with Crippen LogP contribution in [0.2, 0.25) is 0 Å². The lowest BCUT2D eigenvalue weighted by atomic mass is 10.0. The summed E-state index contributed by atoms with van der Waals surface area (Å²) in [4.78, 5) is 0. The lowest BCUT2D eigenvalue weighted by Crippen LogP contribution is -1.84. The second-order valence-corrected chi connectivity index (χ2v) is 5.66. The molecule has 1 aliphatic carbocycles. The van der Waals surface area contributed by atoms with Crippen LogP contribution in [-0.4, -0.2) is 0 Å². The summed E-state index contributed by atoms with van der Waals surface area (Å²) in [7, 11) is 0. The van der Waals surface area contributed by atoms with E-state index in [4.69, 9.17) is 0 Å². The van der Waals surface area contributed by atoms with Crippen molar-refractivity contribution in [1.82, 2.24) is 0 Å². The summed E-state index contributed by atoms with van der Waals surface area (Å²) in [5, 5.41) is 0. The predicted octanol–water partition coefficient (Wildman–Crippen LogP) is 4.56. The Morgan fingerprint density at radius 2 is 1.31 bits per heavy atom. The zero-order valence-electron chi connectivity index (χ0n) is 8.94. The molecule has 0 aliphatic heterocycles. The van der Waals surface area contributed by atoms with Gasteiger partial charge in [0.05, 0.1) is 0 Å². The average molecular weight is 320 g/mol. The summed E-state index contributed by atoms with van der Waals surface area (Å²) in [6.07, 6.45) is 1.31. The Kier molecular flexibility index (Phi) is 2.72. The van der Waals surface area contributed by atoms with Gasteiger partial charge in [-0.1, -0.05) is 42.5 Å². The fourth-order valence-electron chi connectivity index (χ4n) is 2.34. The van der Waals surface area contributed by atoms with Crippen LogP contribution in [0.1, 0.15) is 29.4 Å². The molecule has 0 N–H and O–H groups in total. The molecule has 16 heavy (non-hydrogen) atoms. The van der Waals surface area contributed by atoms with Gasteiger partial charge in [-0.05, 0) is 64.1 Å². The molecule has 1 aliphatic rings. The fourth-order valence-corrected chi connectivity index (χ4v) is 2.70. The lowest BCUT2D eigenvalue weighted by molar-refractivity contribution is 1.03. The molecule has 3 rings (SSSR count). The van der Waals surface area contributed by atoms with Crippen LogP contribution in [-0.2, 0) is 0 Å². The molecule has 1 saturated carbocycles. The van der Waals surface area contributed by atoms with E-state index in [2.05, 4.69) is 77.2 Å². The van der Waals surface area contributed by atoms with Crippen molar-refractivity contribution in [3.8, 4) is 0 Å². The number of halogens is 1. The smallest absolute Gasteiger partial charge is 0.0130 e. The highest BCUT2D eigenvalue weighted by atomic mass is 127. The second-order valence-electron chi connectivity index (χ2n) is 4.41. The predicted molar refractivity (Wildman–Crippen MR) is 75.7 cm³/mol. The topological polar surface area (TPSA) is 0 Å². The van der Waals surface area contributed by atoms with Gasteiger partial charge in [0, 0.05) is 3.57 Å². The quantitative estimate of drug-likeness (QED) is 0.712. The number of benzene rings is 2. The molecule has 2 atom stereocenters. The van der Waals surface area contributed by atoms with E-state index in [0.717, 1.165) is 11.8 Å². The van der Waals surface area contributed by atoms with Crippen molar-refractivity contribution in [2.45, 2.75) is 18.3 Å². The van der Waals surface area contributed by atoms with Crippen LogP contribution in [0.3, 0.4) is 0 Å². The second kappa shape index (κ2) is 4.21. The molecule has 0 radical (unpaired) electrons. The molecule has 0 heterocycles. The van der Waals surface area contributed by atoms with E-state index >= 15 is 0 Å². The minimum absolute atomic E-state index is 0.749. The first kappa shape index (κ1) is 10.3. The van der Waals surface area contributed by atoms with Gasteiger partial charge >= 0.3 is 0 Å². The highest BCUT2D eigenvalue weighted by Gasteiger charge is 2.38. The van der Waals surface area contributed by atoms with E-state index in [1.165, 1.54) is 21.1 Å². The van der Waals surface area contributed by atoms with E-state index in [1.54, 1.807) is 0 Å². The SMILES string of the molecule is Ic1ccc(C2CC2c2ccccc2)cc1. The van der Waals surface area contributed by atoms with Crippen LogP contribution in [0.25, 0.3) is 0 Å². The summed E-state index contributed by atoms with van der Waals surface area (Å²) < 4.78 is 1.32. The Balaban J connectivity index is 1.79. The van der Waals surface area contributed by atoms with Crippen LogP contribution < -0.4 is 0 Å². The van der Waals surface area contributed by atoms with E-state index in [1.807, 2.05) is 0 Å². The molecule has 0 aromatic heterocycles. The first-order valence-electron chi connectivity index (χ1n) is 5.65. The van der Waals surface area contributed by atoms with E-state index < -0.39 is 0 Å². The summed E-state index contributed by atoms with van der Waals surface area (Å²) >= 11 is 2.36. The van der Waals surface area contributed by atoms with Crippen LogP contribution in [0, 0.1) is 3.57 Å². The van der Waals surface area contributed by atoms with Gasteiger partial charge in [0.25, 0.3) is 0 Å². The van der Waals surface area contributed by atoms with Gasteiger partial charge in [0.1, 0.15) is 0 Å². The Morgan fingerprint density at radius 3 is 1.94 bits per heavy atom. The lowest BCUT2D eigenvalue weighted by Gasteiger charge is -2.01. The van der Waals surface area contributed by atoms with Crippen molar-refractivity contribution in [2.75, 3.05) is 0 Å². The highest BCUT2D eigenvalue weighted by molar-refractivity contribution is 14.1.